The number of nitrogens with one attached hydrogen (secondary N) is 2. The second-order valence-electron chi connectivity index (χ2n) is 6.70. The molecule has 3 N–H and O–H groups in total. The van der Waals surface area contributed by atoms with Crippen molar-refractivity contribution in [2.45, 2.75) is 70.5 Å². The van der Waals surface area contributed by atoms with Gasteiger partial charge in [0.05, 0.1) is 6.42 Å². The Hall–Kier alpha value is -1.10. The van der Waals surface area contributed by atoms with E-state index in [0.29, 0.717) is 24.4 Å². The summed E-state index contributed by atoms with van der Waals surface area (Å²) in [5.74, 6) is -0.259. The van der Waals surface area contributed by atoms with Gasteiger partial charge in [0.25, 0.3) is 0 Å². The zero-order valence-corrected chi connectivity index (χ0v) is 12.4. The van der Waals surface area contributed by atoms with Gasteiger partial charge in [-0.15, -0.1) is 0 Å². The van der Waals surface area contributed by atoms with Gasteiger partial charge in [0, 0.05) is 24.5 Å². The second-order valence-corrected chi connectivity index (χ2v) is 6.70. The van der Waals surface area contributed by atoms with Crippen LogP contribution in [0.5, 0.6) is 0 Å². The number of carbonyl (C=O) groups excluding carboxylic acids is 1. The Labute approximate surface area is 120 Å². The highest BCUT2D eigenvalue weighted by Crippen LogP contribution is 2.32. The molecule has 1 amide bonds. The molecule has 0 aliphatic carbocycles. The maximum Gasteiger partial charge on any atom is 0.305 e. The molecule has 2 fully saturated rings. The van der Waals surface area contributed by atoms with E-state index in [1.807, 2.05) is 13.8 Å². The molecule has 0 aromatic carbocycles. The van der Waals surface area contributed by atoms with Crippen LogP contribution in [0.3, 0.4) is 0 Å². The Kier molecular flexibility index (Phi) is 5.02. The standard InChI is InChI=1S/C15H26N2O3/c1-9(2)13(8-15(19)20)17-14(18)7-10-5-11-3-4-12(6-10)16-11/h9-13,16H,3-8H2,1-2H3,(H,17,18)(H,19,20). The van der Waals surface area contributed by atoms with Crippen molar-refractivity contribution < 1.29 is 14.7 Å². The van der Waals surface area contributed by atoms with Gasteiger partial charge in [-0.2, -0.15) is 0 Å². The van der Waals surface area contributed by atoms with E-state index in [0.717, 1.165) is 12.8 Å². The summed E-state index contributed by atoms with van der Waals surface area (Å²) in [6.07, 6.45) is 5.16. The van der Waals surface area contributed by atoms with Crippen LogP contribution >= 0.6 is 0 Å². The molecular formula is C15H26N2O3. The maximum absolute atomic E-state index is 12.1. The first-order valence-electron chi connectivity index (χ1n) is 7.71. The maximum atomic E-state index is 12.1. The number of hydrogen-bond donors (Lipinski definition) is 3. The number of aliphatic carboxylic acids is 1. The van der Waals surface area contributed by atoms with Crippen LogP contribution in [-0.4, -0.2) is 35.1 Å². The first-order chi connectivity index (χ1) is 9.44. The topological polar surface area (TPSA) is 78.4 Å². The van der Waals surface area contributed by atoms with Gasteiger partial charge >= 0.3 is 5.97 Å². The molecule has 2 rings (SSSR count). The summed E-state index contributed by atoms with van der Waals surface area (Å²) < 4.78 is 0. The average Bonchev–Trinajstić information content (AvgIpc) is 2.67. The number of carbonyl (C=O) groups is 2. The SMILES string of the molecule is CC(C)C(CC(=O)O)NC(=O)CC1CC2CCC(C1)N2. The first-order valence-corrected chi connectivity index (χ1v) is 7.71. The molecule has 3 atom stereocenters. The summed E-state index contributed by atoms with van der Waals surface area (Å²) >= 11 is 0. The van der Waals surface area contributed by atoms with Crippen LogP contribution in [0.2, 0.25) is 0 Å². The van der Waals surface area contributed by atoms with Gasteiger partial charge in [0.1, 0.15) is 0 Å². The molecule has 0 aromatic heterocycles. The van der Waals surface area contributed by atoms with E-state index in [2.05, 4.69) is 10.6 Å². The lowest BCUT2D eigenvalue weighted by molar-refractivity contribution is -0.138. The number of piperidine rings is 1. The minimum Gasteiger partial charge on any atom is -0.481 e. The van der Waals surface area contributed by atoms with Crippen molar-refractivity contribution in [3.05, 3.63) is 0 Å². The lowest BCUT2D eigenvalue weighted by Gasteiger charge is -2.29. The van der Waals surface area contributed by atoms with Crippen LogP contribution in [0, 0.1) is 11.8 Å². The fourth-order valence-electron chi connectivity index (χ4n) is 3.51. The van der Waals surface area contributed by atoms with Gasteiger partial charge in [-0.25, -0.2) is 0 Å². The van der Waals surface area contributed by atoms with Crippen molar-refractivity contribution in [1.82, 2.24) is 10.6 Å². The molecule has 0 spiro atoms. The lowest BCUT2D eigenvalue weighted by Crippen LogP contribution is -2.43. The molecule has 3 unspecified atom stereocenters. The Bertz CT molecular complexity index is 358. The molecule has 0 radical (unpaired) electrons. The van der Waals surface area contributed by atoms with Crippen LogP contribution in [0.25, 0.3) is 0 Å². The molecule has 2 heterocycles. The largest absolute Gasteiger partial charge is 0.481 e. The second kappa shape index (κ2) is 6.57. The van der Waals surface area contributed by atoms with Gasteiger partial charge in [0.15, 0.2) is 0 Å². The van der Waals surface area contributed by atoms with Gasteiger partial charge in [-0.1, -0.05) is 13.8 Å². The van der Waals surface area contributed by atoms with Crippen molar-refractivity contribution in [2.75, 3.05) is 0 Å². The minimum absolute atomic E-state index is 0.000872. The van der Waals surface area contributed by atoms with Crippen LogP contribution in [0.1, 0.15) is 52.4 Å². The van der Waals surface area contributed by atoms with Gasteiger partial charge in [0.2, 0.25) is 5.91 Å². The van der Waals surface area contributed by atoms with Gasteiger partial charge < -0.3 is 15.7 Å². The fraction of sp³-hybridized carbons (Fsp3) is 0.867. The van der Waals surface area contributed by atoms with Crippen LogP contribution < -0.4 is 10.6 Å². The summed E-state index contributed by atoms with van der Waals surface area (Å²) in [6.45, 7) is 3.89. The molecule has 2 saturated heterocycles. The van der Waals surface area contributed by atoms with E-state index in [9.17, 15) is 9.59 Å². The molecule has 2 aliphatic heterocycles. The van der Waals surface area contributed by atoms with E-state index in [1.165, 1.54) is 12.8 Å². The number of fused-ring (bicyclic) bond motifs is 2. The molecular weight excluding hydrogens is 256 g/mol. The molecule has 0 saturated carbocycles. The van der Waals surface area contributed by atoms with E-state index in [1.54, 1.807) is 0 Å². The first kappa shape index (κ1) is 15.3. The number of amides is 1. The third-order valence-electron chi connectivity index (χ3n) is 4.59. The number of carboxylic acids is 1. The molecule has 20 heavy (non-hydrogen) atoms. The van der Waals surface area contributed by atoms with Crippen molar-refractivity contribution >= 4 is 11.9 Å². The van der Waals surface area contributed by atoms with Crippen LogP contribution in [-0.2, 0) is 9.59 Å². The van der Waals surface area contributed by atoms with Gasteiger partial charge in [-0.3, -0.25) is 9.59 Å². The van der Waals surface area contributed by atoms with Crippen molar-refractivity contribution in [2.24, 2.45) is 11.8 Å². The molecule has 2 aliphatic rings. The summed E-state index contributed by atoms with van der Waals surface area (Å²) in [6, 6.07) is 0.913. The van der Waals surface area contributed by atoms with E-state index in [-0.39, 0.29) is 24.3 Å². The Morgan fingerprint density at radius 3 is 2.35 bits per heavy atom. The highest BCUT2D eigenvalue weighted by Gasteiger charge is 2.34. The van der Waals surface area contributed by atoms with Crippen LogP contribution in [0.15, 0.2) is 0 Å². The highest BCUT2D eigenvalue weighted by molar-refractivity contribution is 5.77. The van der Waals surface area contributed by atoms with Crippen LogP contribution in [0.4, 0.5) is 0 Å². The molecule has 5 heteroatoms. The molecule has 5 nitrogen and oxygen atoms in total. The number of hydrogen-bond acceptors (Lipinski definition) is 3. The molecule has 2 bridgehead atoms. The predicted molar refractivity (Wildman–Crippen MR) is 76.3 cm³/mol. The van der Waals surface area contributed by atoms with Crippen molar-refractivity contribution in [1.29, 1.82) is 0 Å². The summed E-state index contributed by atoms with van der Waals surface area (Å²) in [5.41, 5.74) is 0. The fourth-order valence-corrected chi connectivity index (χ4v) is 3.51. The van der Waals surface area contributed by atoms with Crippen molar-refractivity contribution in [3.8, 4) is 0 Å². The van der Waals surface area contributed by atoms with E-state index < -0.39 is 5.97 Å². The number of rotatable bonds is 6. The highest BCUT2D eigenvalue weighted by atomic mass is 16.4. The Morgan fingerprint density at radius 1 is 1.25 bits per heavy atom. The normalized spacial score (nSPS) is 30.2. The number of carboxylic acid groups (broad SMARTS) is 1. The minimum atomic E-state index is -0.857. The van der Waals surface area contributed by atoms with E-state index >= 15 is 0 Å². The lowest BCUT2D eigenvalue weighted by atomic mass is 9.89. The smallest absolute Gasteiger partial charge is 0.305 e. The molecule has 0 aromatic rings. The monoisotopic (exact) mass is 282 g/mol. The third-order valence-corrected chi connectivity index (χ3v) is 4.59. The third kappa shape index (κ3) is 4.20. The van der Waals surface area contributed by atoms with Crippen molar-refractivity contribution in [3.63, 3.8) is 0 Å². The zero-order chi connectivity index (χ0) is 14.7. The summed E-state index contributed by atoms with van der Waals surface area (Å²) in [4.78, 5) is 22.9. The summed E-state index contributed by atoms with van der Waals surface area (Å²) in [7, 11) is 0. The zero-order valence-electron chi connectivity index (χ0n) is 12.4. The predicted octanol–water partition coefficient (Wildman–Crippen LogP) is 1.52. The molecule has 114 valence electrons. The van der Waals surface area contributed by atoms with Gasteiger partial charge in [-0.05, 0) is 37.5 Å². The average molecular weight is 282 g/mol. The Morgan fingerprint density at radius 2 is 1.85 bits per heavy atom. The summed E-state index contributed by atoms with van der Waals surface area (Å²) in [5, 5.41) is 15.4. The Balaban J connectivity index is 1.80. The van der Waals surface area contributed by atoms with E-state index in [4.69, 9.17) is 5.11 Å². The quantitative estimate of drug-likeness (QED) is 0.690.